The Balaban J connectivity index is 1.44. The van der Waals surface area contributed by atoms with E-state index < -0.39 is 18.1 Å². The maximum absolute atomic E-state index is 13.0. The summed E-state index contributed by atoms with van der Waals surface area (Å²) >= 11 is 0. The number of aromatic nitrogens is 4. The van der Waals surface area contributed by atoms with Crippen molar-refractivity contribution < 1.29 is 23.1 Å². The van der Waals surface area contributed by atoms with E-state index in [1.807, 2.05) is 4.90 Å². The molecule has 1 N–H and O–H groups in total. The number of fused-ring (bicyclic) bond motifs is 1. The van der Waals surface area contributed by atoms with Crippen molar-refractivity contribution in [1.29, 1.82) is 0 Å². The lowest BCUT2D eigenvalue weighted by atomic mass is 9.94. The van der Waals surface area contributed by atoms with Crippen LogP contribution in [-0.4, -0.2) is 68.0 Å². The van der Waals surface area contributed by atoms with Gasteiger partial charge in [0.05, 0.1) is 6.10 Å². The van der Waals surface area contributed by atoms with E-state index in [-0.39, 0.29) is 17.5 Å². The standard InChI is InChI=1S/C17H21F3N6O2/c18-17(19,20)16-22-21-13-3-4-14(23-26(13)16)24-8-5-11(6-9-24)15(28)25-7-1-2-12(27)10-25/h3-4,11-12,27H,1-2,5-10H2. The Morgan fingerprint density at radius 2 is 1.86 bits per heavy atom. The van der Waals surface area contributed by atoms with E-state index in [1.165, 1.54) is 6.07 Å². The molecule has 0 bridgehead atoms. The normalized spacial score (nSPS) is 22.1. The quantitative estimate of drug-likeness (QED) is 0.822. The van der Waals surface area contributed by atoms with Crippen molar-refractivity contribution in [1.82, 2.24) is 24.7 Å². The van der Waals surface area contributed by atoms with Crippen LogP contribution in [0.1, 0.15) is 31.5 Å². The molecule has 4 heterocycles. The smallest absolute Gasteiger partial charge is 0.391 e. The van der Waals surface area contributed by atoms with Crippen molar-refractivity contribution in [3.63, 3.8) is 0 Å². The van der Waals surface area contributed by atoms with Crippen molar-refractivity contribution >= 4 is 17.4 Å². The third-order valence-corrected chi connectivity index (χ3v) is 5.38. The molecule has 1 atom stereocenters. The number of nitrogens with zero attached hydrogens (tertiary/aromatic N) is 6. The molecule has 0 spiro atoms. The van der Waals surface area contributed by atoms with Crippen LogP contribution < -0.4 is 4.90 Å². The number of alkyl halides is 3. The largest absolute Gasteiger partial charge is 0.453 e. The minimum absolute atomic E-state index is 0.0322. The number of aliphatic hydroxyl groups excluding tert-OH is 1. The van der Waals surface area contributed by atoms with Crippen molar-refractivity contribution in [2.24, 2.45) is 5.92 Å². The van der Waals surface area contributed by atoms with Gasteiger partial charge in [0.1, 0.15) is 5.82 Å². The lowest BCUT2D eigenvalue weighted by Crippen LogP contribution is -2.47. The number of halogens is 3. The summed E-state index contributed by atoms with van der Waals surface area (Å²) in [6, 6.07) is 3.07. The highest BCUT2D eigenvalue weighted by molar-refractivity contribution is 5.79. The van der Waals surface area contributed by atoms with Crippen molar-refractivity contribution in [2.45, 2.75) is 38.0 Å². The van der Waals surface area contributed by atoms with Crippen LogP contribution in [0.3, 0.4) is 0 Å². The van der Waals surface area contributed by atoms with Gasteiger partial charge in [0.2, 0.25) is 5.91 Å². The monoisotopic (exact) mass is 398 g/mol. The highest BCUT2D eigenvalue weighted by Gasteiger charge is 2.38. The molecule has 2 fully saturated rings. The number of piperidine rings is 2. The van der Waals surface area contributed by atoms with E-state index in [9.17, 15) is 23.1 Å². The number of carbonyl (C=O) groups is 1. The molecule has 2 aliphatic rings. The molecule has 152 valence electrons. The molecule has 2 aromatic rings. The Hall–Kier alpha value is -2.43. The van der Waals surface area contributed by atoms with E-state index in [2.05, 4.69) is 15.3 Å². The second-order valence-electron chi connectivity index (χ2n) is 7.32. The summed E-state index contributed by atoms with van der Waals surface area (Å²) in [5, 5.41) is 20.5. The number of amides is 1. The van der Waals surface area contributed by atoms with E-state index >= 15 is 0 Å². The first-order valence-corrected chi connectivity index (χ1v) is 9.34. The molecule has 0 saturated carbocycles. The summed E-state index contributed by atoms with van der Waals surface area (Å²) < 4.78 is 39.8. The van der Waals surface area contributed by atoms with Gasteiger partial charge in [-0.05, 0) is 37.8 Å². The molecular weight excluding hydrogens is 377 g/mol. The number of rotatable bonds is 2. The predicted octanol–water partition coefficient (Wildman–Crippen LogP) is 1.34. The molecular formula is C17H21F3N6O2. The highest BCUT2D eigenvalue weighted by Crippen LogP contribution is 2.29. The number of hydrogen-bond acceptors (Lipinski definition) is 6. The average molecular weight is 398 g/mol. The zero-order valence-electron chi connectivity index (χ0n) is 15.1. The summed E-state index contributed by atoms with van der Waals surface area (Å²) in [4.78, 5) is 16.3. The Kier molecular flexibility index (Phi) is 4.86. The number of likely N-dealkylation sites (tertiary alicyclic amines) is 1. The summed E-state index contributed by atoms with van der Waals surface area (Å²) in [6.45, 7) is 2.09. The Morgan fingerprint density at radius 1 is 1.11 bits per heavy atom. The number of aliphatic hydroxyl groups is 1. The number of β-amino-alcohol motifs (C(OH)–C–C–N with tert-alkyl or cyclic N) is 1. The van der Waals surface area contributed by atoms with Gasteiger partial charge in [-0.15, -0.1) is 15.3 Å². The molecule has 28 heavy (non-hydrogen) atoms. The first-order chi connectivity index (χ1) is 13.3. The fourth-order valence-corrected chi connectivity index (χ4v) is 3.89. The van der Waals surface area contributed by atoms with Crippen LogP contribution >= 0.6 is 0 Å². The zero-order valence-corrected chi connectivity index (χ0v) is 15.1. The van der Waals surface area contributed by atoms with Crippen LogP contribution in [0, 0.1) is 5.92 Å². The minimum Gasteiger partial charge on any atom is -0.391 e. The van der Waals surface area contributed by atoms with Crippen LogP contribution in [0.4, 0.5) is 19.0 Å². The zero-order chi connectivity index (χ0) is 19.9. The first kappa shape index (κ1) is 18.9. The topological polar surface area (TPSA) is 86.9 Å². The number of carbonyl (C=O) groups excluding carboxylic acids is 1. The lowest BCUT2D eigenvalue weighted by Gasteiger charge is -2.37. The van der Waals surface area contributed by atoms with Gasteiger partial charge >= 0.3 is 6.18 Å². The van der Waals surface area contributed by atoms with Crippen LogP contribution in [-0.2, 0) is 11.0 Å². The Morgan fingerprint density at radius 3 is 2.54 bits per heavy atom. The fraction of sp³-hybridized carbons (Fsp3) is 0.647. The molecule has 4 rings (SSSR count). The SMILES string of the molecule is O=C(C1CCN(c2ccc3nnc(C(F)(F)F)n3n2)CC1)N1CCCC(O)C1. The molecule has 1 unspecified atom stereocenters. The Labute approximate surface area is 158 Å². The summed E-state index contributed by atoms with van der Waals surface area (Å²) in [6.07, 6.45) is -2.38. The van der Waals surface area contributed by atoms with Gasteiger partial charge in [0.15, 0.2) is 5.65 Å². The van der Waals surface area contributed by atoms with Gasteiger partial charge in [-0.25, -0.2) is 0 Å². The van der Waals surface area contributed by atoms with Crippen LogP contribution in [0.5, 0.6) is 0 Å². The van der Waals surface area contributed by atoms with E-state index in [0.29, 0.717) is 49.4 Å². The molecule has 11 heteroatoms. The van der Waals surface area contributed by atoms with Crippen molar-refractivity contribution in [3.05, 3.63) is 18.0 Å². The molecule has 1 amide bonds. The summed E-state index contributed by atoms with van der Waals surface area (Å²) in [7, 11) is 0. The third-order valence-electron chi connectivity index (χ3n) is 5.38. The minimum atomic E-state index is -4.64. The van der Waals surface area contributed by atoms with E-state index in [4.69, 9.17) is 0 Å². The van der Waals surface area contributed by atoms with Gasteiger partial charge in [-0.3, -0.25) is 4.79 Å². The molecule has 0 aliphatic carbocycles. The Bertz CT molecular complexity index is 862. The van der Waals surface area contributed by atoms with E-state index in [1.54, 1.807) is 11.0 Å². The molecule has 2 aromatic heterocycles. The first-order valence-electron chi connectivity index (χ1n) is 9.34. The fourth-order valence-electron chi connectivity index (χ4n) is 3.89. The number of hydrogen-bond donors (Lipinski definition) is 1. The summed E-state index contributed by atoms with van der Waals surface area (Å²) in [5.74, 6) is -0.832. The van der Waals surface area contributed by atoms with Crippen LogP contribution in [0.15, 0.2) is 12.1 Å². The van der Waals surface area contributed by atoms with Crippen molar-refractivity contribution in [3.8, 4) is 0 Å². The third kappa shape index (κ3) is 3.62. The summed E-state index contributed by atoms with van der Waals surface area (Å²) in [5.41, 5.74) is 0.0322. The van der Waals surface area contributed by atoms with Crippen LogP contribution in [0.25, 0.3) is 5.65 Å². The van der Waals surface area contributed by atoms with Crippen LogP contribution in [0.2, 0.25) is 0 Å². The second kappa shape index (κ2) is 7.19. The van der Waals surface area contributed by atoms with Gasteiger partial charge in [-0.1, -0.05) is 0 Å². The second-order valence-corrected chi connectivity index (χ2v) is 7.32. The highest BCUT2D eigenvalue weighted by atomic mass is 19.4. The molecule has 2 aliphatic heterocycles. The van der Waals surface area contributed by atoms with Gasteiger partial charge in [0.25, 0.3) is 5.82 Å². The van der Waals surface area contributed by atoms with E-state index in [0.717, 1.165) is 12.8 Å². The maximum Gasteiger partial charge on any atom is 0.453 e. The lowest BCUT2D eigenvalue weighted by molar-refractivity contribution is -0.146. The molecule has 0 aromatic carbocycles. The van der Waals surface area contributed by atoms with Gasteiger partial charge in [-0.2, -0.15) is 17.7 Å². The molecule has 2 saturated heterocycles. The molecule has 0 radical (unpaired) electrons. The average Bonchev–Trinajstić information content (AvgIpc) is 3.11. The number of anilines is 1. The van der Waals surface area contributed by atoms with Gasteiger partial charge in [0, 0.05) is 32.1 Å². The predicted molar refractivity (Wildman–Crippen MR) is 92.5 cm³/mol. The van der Waals surface area contributed by atoms with Gasteiger partial charge < -0.3 is 14.9 Å². The van der Waals surface area contributed by atoms with Crippen molar-refractivity contribution in [2.75, 3.05) is 31.1 Å². The maximum atomic E-state index is 13.0. The molecule has 8 nitrogen and oxygen atoms in total.